The largest absolute Gasteiger partial charge is 0.325 e. The van der Waals surface area contributed by atoms with E-state index in [1.54, 1.807) is 0 Å². The van der Waals surface area contributed by atoms with E-state index in [0.717, 1.165) is 11.3 Å². The summed E-state index contributed by atoms with van der Waals surface area (Å²) in [5.41, 5.74) is 10.0. The Morgan fingerprint density at radius 2 is 2.00 bits per heavy atom. The molecule has 0 atom stereocenters. The molecule has 2 heteroatoms. The van der Waals surface area contributed by atoms with Crippen LogP contribution in [0.4, 0.5) is 0 Å². The van der Waals surface area contributed by atoms with Gasteiger partial charge in [-0.05, 0) is 18.6 Å². The number of aromatic nitrogens is 1. The van der Waals surface area contributed by atoms with Crippen molar-refractivity contribution < 1.29 is 0 Å². The van der Waals surface area contributed by atoms with Crippen LogP contribution in [0.3, 0.4) is 0 Å². The summed E-state index contributed by atoms with van der Waals surface area (Å²) in [7, 11) is 0. The van der Waals surface area contributed by atoms with E-state index in [9.17, 15) is 0 Å². The van der Waals surface area contributed by atoms with Crippen molar-refractivity contribution in [3.05, 3.63) is 53.9 Å². The minimum atomic E-state index is 0.494. The third kappa shape index (κ3) is 2.22. The topological polar surface area (TPSA) is 38.9 Å². The van der Waals surface area contributed by atoms with Crippen molar-refractivity contribution >= 4 is 0 Å². The van der Waals surface area contributed by atoms with Gasteiger partial charge in [0.25, 0.3) is 0 Å². The molecule has 0 aliphatic heterocycles. The SMILES string of the molecule is Cc1cccc(-c2ccc(CN)nc2)c1. The van der Waals surface area contributed by atoms with Crippen molar-refractivity contribution in [2.24, 2.45) is 5.73 Å². The molecular weight excluding hydrogens is 184 g/mol. The molecule has 0 saturated heterocycles. The number of rotatable bonds is 2. The van der Waals surface area contributed by atoms with Gasteiger partial charge in [0, 0.05) is 18.3 Å². The maximum Gasteiger partial charge on any atom is 0.0539 e. The van der Waals surface area contributed by atoms with E-state index in [0.29, 0.717) is 6.54 Å². The molecule has 15 heavy (non-hydrogen) atoms. The molecule has 0 amide bonds. The maximum absolute atomic E-state index is 5.50. The first kappa shape index (κ1) is 9.87. The van der Waals surface area contributed by atoms with Gasteiger partial charge in [-0.3, -0.25) is 4.98 Å². The van der Waals surface area contributed by atoms with Crippen molar-refractivity contribution in [3.8, 4) is 11.1 Å². The van der Waals surface area contributed by atoms with E-state index >= 15 is 0 Å². The van der Waals surface area contributed by atoms with Crippen molar-refractivity contribution in [3.63, 3.8) is 0 Å². The number of benzene rings is 1. The van der Waals surface area contributed by atoms with Crippen LogP contribution < -0.4 is 5.73 Å². The standard InChI is InChI=1S/C13H14N2/c1-10-3-2-4-11(7-10)12-5-6-13(8-14)15-9-12/h2-7,9H,8,14H2,1H3. The highest BCUT2D eigenvalue weighted by molar-refractivity contribution is 5.63. The summed E-state index contributed by atoms with van der Waals surface area (Å²) in [5, 5.41) is 0. The van der Waals surface area contributed by atoms with Crippen LogP contribution in [0.25, 0.3) is 11.1 Å². The minimum Gasteiger partial charge on any atom is -0.325 e. The van der Waals surface area contributed by atoms with Crippen molar-refractivity contribution in [2.45, 2.75) is 13.5 Å². The third-order valence-electron chi connectivity index (χ3n) is 2.39. The van der Waals surface area contributed by atoms with E-state index in [2.05, 4.69) is 42.2 Å². The molecule has 0 radical (unpaired) electrons. The lowest BCUT2D eigenvalue weighted by atomic mass is 10.1. The van der Waals surface area contributed by atoms with Gasteiger partial charge in [-0.15, -0.1) is 0 Å². The van der Waals surface area contributed by atoms with Crippen LogP contribution >= 0.6 is 0 Å². The highest BCUT2D eigenvalue weighted by Crippen LogP contribution is 2.19. The monoisotopic (exact) mass is 198 g/mol. The highest BCUT2D eigenvalue weighted by atomic mass is 14.7. The first-order chi connectivity index (χ1) is 7.29. The Balaban J connectivity index is 2.37. The summed E-state index contributed by atoms with van der Waals surface area (Å²) in [5.74, 6) is 0. The number of hydrogen-bond acceptors (Lipinski definition) is 2. The molecule has 76 valence electrons. The van der Waals surface area contributed by atoms with Gasteiger partial charge in [0.1, 0.15) is 0 Å². The Kier molecular flexibility index (Phi) is 2.79. The zero-order valence-corrected chi connectivity index (χ0v) is 8.77. The number of nitrogens with zero attached hydrogens (tertiary/aromatic N) is 1. The molecule has 2 aromatic rings. The average Bonchev–Trinajstić information content (AvgIpc) is 2.29. The first-order valence-corrected chi connectivity index (χ1v) is 5.01. The fourth-order valence-electron chi connectivity index (χ4n) is 1.54. The van der Waals surface area contributed by atoms with E-state index in [-0.39, 0.29) is 0 Å². The van der Waals surface area contributed by atoms with Gasteiger partial charge in [0.05, 0.1) is 5.69 Å². The fraction of sp³-hybridized carbons (Fsp3) is 0.154. The van der Waals surface area contributed by atoms with E-state index in [1.165, 1.54) is 11.1 Å². The van der Waals surface area contributed by atoms with Crippen LogP contribution in [0.2, 0.25) is 0 Å². The lowest BCUT2D eigenvalue weighted by molar-refractivity contribution is 0.991. The van der Waals surface area contributed by atoms with Crippen molar-refractivity contribution in [2.75, 3.05) is 0 Å². The average molecular weight is 198 g/mol. The van der Waals surface area contributed by atoms with Crippen LogP contribution in [-0.4, -0.2) is 4.98 Å². The number of aryl methyl sites for hydroxylation is 1. The molecular formula is C13H14N2. The summed E-state index contributed by atoms with van der Waals surface area (Å²) in [6.07, 6.45) is 1.87. The maximum atomic E-state index is 5.50. The molecule has 0 fully saturated rings. The van der Waals surface area contributed by atoms with Gasteiger partial charge >= 0.3 is 0 Å². The summed E-state index contributed by atoms with van der Waals surface area (Å²) in [6, 6.07) is 12.4. The molecule has 0 bridgehead atoms. The van der Waals surface area contributed by atoms with E-state index in [4.69, 9.17) is 5.73 Å². The predicted molar refractivity (Wildman–Crippen MR) is 62.3 cm³/mol. The minimum absolute atomic E-state index is 0.494. The Morgan fingerprint density at radius 1 is 1.13 bits per heavy atom. The normalized spacial score (nSPS) is 10.3. The molecule has 2 N–H and O–H groups in total. The van der Waals surface area contributed by atoms with Gasteiger partial charge in [-0.2, -0.15) is 0 Å². The molecule has 0 unspecified atom stereocenters. The lowest BCUT2D eigenvalue weighted by Gasteiger charge is -2.03. The number of nitrogens with two attached hydrogens (primary N) is 1. The first-order valence-electron chi connectivity index (χ1n) is 5.01. The molecule has 2 rings (SSSR count). The molecule has 0 aliphatic rings. The number of pyridine rings is 1. The second-order valence-corrected chi connectivity index (χ2v) is 3.61. The molecule has 1 aromatic heterocycles. The smallest absolute Gasteiger partial charge is 0.0539 e. The van der Waals surface area contributed by atoms with Crippen LogP contribution in [0.15, 0.2) is 42.6 Å². The second kappa shape index (κ2) is 4.24. The second-order valence-electron chi connectivity index (χ2n) is 3.61. The Morgan fingerprint density at radius 3 is 2.60 bits per heavy atom. The van der Waals surface area contributed by atoms with Gasteiger partial charge in [-0.1, -0.05) is 35.9 Å². The van der Waals surface area contributed by atoms with E-state index in [1.807, 2.05) is 12.3 Å². The number of hydrogen-bond donors (Lipinski definition) is 1. The van der Waals surface area contributed by atoms with Crippen molar-refractivity contribution in [1.82, 2.24) is 4.98 Å². The third-order valence-corrected chi connectivity index (χ3v) is 2.39. The van der Waals surface area contributed by atoms with Crippen LogP contribution in [0, 0.1) is 6.92 Å². The predicted octanol–water partition coefficient (Wildman–Crippen LogP) is 2.52. The fourth-order valence-corrected chi connectivity index (χ4v) is 1.54. The summed E-state index contributed by atoms with van der Waals surface area (Å²) in [4.78, 5) is 4.28. The molecule has 0 aliphatic carbocycles. The zero-order valence-electron chi connectivity index (χ0n) is 8.77. The van der Waals surface area contributed by atoms with Gasteiger partial charge in [0.2, 0.25) is 0 Å². The summed E-state index contributed by atoms with van der Waals surface area (Å²) < 4.78 is 0. The summed E-state index contributed by atoms with van der Waals surface area (Å²) >= 11 is 0. The molecule has 2 nitrogen and oxygen atoms in total. The lowest BCUT2D eigenvalue weighted by Crippen LogP contribution is -1.98. The van der Waals surface area contributed by atoms with Gasteiger partial charge in [-0.25, -0.2) is 0 Å². The molecule has 1 aromatic carbocycles. The highest BCUT2D eigenvalue weighted by Gasteiger charge is 1.98. The molecule has 0 spiro atoms. The van der Waals surface area contributed by atoms with Gasteiger partial charge in [0.15, 0.2) is 0 Å². The van der Waals surface area contributed by atoms with Crippen LogP contribution in [0.1, 0.15) is 11.3 Å². The summed E-state index contributed by atoms with van der Waals surface area (Å²) in [6.45, 7) is 2.58. The van der Waals surface area contributed by atoms with Gasteiger partial charge < -0.3 is 5.73 Å². The Hall–Kier alpha value is -1.67. The molecule has 1 heterocycles. The van der Waals surface area contributed by atoms with Crippen molar-refractivity contribution in [1.29, 1.82) is 0 Å². The van der Waals surface area contributed by atoms with E-state index < -0.39 is 0 Å². The Bertz CT molecular complexity index is 446. The van der Waals surface area contributed by atoms with Crippen LogP contribution in [0.5, 0.6) is 0 Å². The molecule has 0 saturated carbocycles. The Labute approximate surface area is 89.8 Å². The zero-order chi connectivity index (χ0) is 10.7. The quantitative estimate of drug-likeness (QED) is 0.805. The van der Waals surface area contributed by atoms with Crippen LogP contribution in [-0.2, 0) is 6.54 Å².